The van der Waals surface area contributed by atoms with Gasteiger partial charge in [-0.05, 0) is 28.2 Å². The van der Waals surface area contributed by atoms with E-state index < -0.39 is 53.8 Å². The van der Waals surface area contributed by atoms with Crippen LogP contribution in [0.15, 0.2) is 133 Å². The molecule has 1 heterocycles. The van der Waals surface area contributed by atoms with Crippen LogP contribution < -0.4 is 0 Å². The lowest BCUT2D eigenvalue weighted by atomic mass is 9.93. The molecular formula is C44H48O9. The summed E-state index contributed by atoms with van der Waals surface area (Å²) in [5.74, 6) is -2.07. The first-order chi connectivity index (χ1) is 25.9. The SMILES string of the molecule is COC(=O)C1(C(=O)OC)[C@@H](C)[C@@H]1/C=C/[C@@H]1O[C@H](COCc2ccccc2)[C@@H](OCc2ccccc2)[C@H](OCc2ccccc2)[C@H]1OCc1ccccc1. The molecule has 0 spiro atoms. The number of carbonyl (C=O) groups is 2. The molecule has 7 atom stereocenters. The van der Waals surface area contributed by atoms with Crippen LogP contribution in [-0.2, 0) is 69.2 Å². The van der Waals surface area contributed by atoms with Crippen LogP contribution in [0, 0.1) is 17.3 Å². The van der Waals surface area contributed by atoms with Gasteiger partial charge in [-0.2, -0.15) is 0 Å². The number of carbonyl (C=O) groups excluding carboxylic acids is 2. The molecule has 0 N–H and O–H groups in total. The fraction of sp³-hybridized carbons (Fsp3) is 0.364. The van der Waals surface area contributed by atoms with Gasteiger partial charge in [0, 0.05) is 5.92 Å². The highest BCUT2D eigenvalue weighted by atomic mass is 16.6. The summed E-state index contributed by atoms with van der Waals surface area (Å²) in [5, 5.41) is 0. The number of benzene rings is 4. The van der Waals surface area contributed by atoms with E-state index in [0.717, 1.165) is 22.3 Å². The highest BCUT2D eigenvalue weighted by Gasteiger charge is 2.73. The molecule has 2 aliphatic rings. The van der Waals surface area contributed by atoms with Gasteiger partial charge < -0.3 is 33.2 Å². The molecule has 1 aliphatic carbocycles. The van der Waals surface area contributed by atoms with E-state index in [-0.39, 0.29) is 12.5 Å². The average molecular weight is 721 g/mol. The summed E-state index contributed by atoms with van der Waals surface area (Å²) >= 11 is 0. The quantitative estimate of drug-likeness (QED) is 0.0657. The lowest BCUT2D eigenvalue weighted by Gasteiger charge is -2.45. The topological polar surface area (TPSA) is 98.8 Å². The predicted molar refractivity (Wildman–Crippen MR) is 198 cm³/mol. The number of methoxy groups -OCH3 is 2. The van der Waals surface area contributed by atoms with Crippen LogP contribution in [0.1, 0.15) is 29.2 Å². The van der Waals surface area contributed by atoms with Crippen molar-refractivity contribution in [1.29, 1.82) is 0 Å². The third-order valence-corrected chi connectivity index (χ3v) is 10.1. The molecule has 278 valence electrons. The summed E-state index contributed by atoms with van der Waals surface area (Å²) < 4.78 is 43.7. The summed E-state index contributed by atoms with van der Waals surface area (Å²) in [5.41, 5.74) is 2.59. The normalized spacial score (nSPS) is 24.8. The third kappa shape index (κ3) is 9.12. The van der Waals surface area contributed by atoms with Gasteiger partial charge in [-0.15, -0.1) is 0 Å². The van der Waals surface area contributed by atoms with Gasteiger partial charge in [-0.25, -0.2) is 0 Å². The zero-order chi connectivity index (χ0) is 37.0. The van der Waals surface area contributed by atoms with Crippen molar-refractivity contribution in [3.63, 3.8) is 0 Å². The summed E-state index contributed by atoms with van der Waals surface area (Å²) in [7, 11) is 2.56. The molecular weight excluding hydrogens is 672 g/mol. The molecule has 0 bridgehead atoms. The predicted octanol–water partition coefficient (Wildman–Crippen LogP) is 6.88. The molecule has 2 fully saturated rings. The molecule has 4 aromatic rings. The second-order valence-electron chi connectivity index (χ2n) is 13.5. The van der Waals surface area contributed by atoms with Gasteiger partial charge in [0.25, 0.3) is 0 Å². The largest absolute Gasteiger partial charge is 0.468 e. The Morgan fingerprint density at radius 1 is 0.585 bits per heavy atom. The number of allylic oxidation sites excluding steroid dienone is 1. The molecule has 0 amide bonds. The van der Waals surface area contributed by atoms with Crippen LogP contribution in [0.3, 0.4) is 0 Å². The summed E-state index contributed by atoms with van der Waals surface area (Å²) in [6, 6.07) is 39.8. The van der Waals surface area contributed by atoms with E-state index >= 15 is 0 Å². The van der Waals surface area contributed by atoms with E-state index in [1.54, 1.807) is 0 Å². The Morgan fingerprint density at radius 2 is 1.00 bits per heavy atom. The van der Waals surface area contributed by atoms with Crippen LogP contribution in [-0.4, -0.2) is 63.3 Å². The van der Waals surface area contributed by atoms with Crippen molar-refractivity contribution in [2.45, 2.75) is 63.9 Å². The summed E-state index contributed by atoms with van der Waals surface area (Å²) in [6.07, 6.45) is 0.632. The van der Waals surface area contributed by atoms with Crippen LogP contribution in [0.25, 0.3) is 0 Å². The minimum Gasteiger partial charge on any atom is -0.468 e. The van der Waals surface area contributed by atoms with E-state index in [0.29, 0.717) is 26.4 Å². The molecule has 9 heteroatoms. The standard InChI is InChI=1S/C44H48O9/c1-31-36(44(31,42(45)47-2)43(46)48-3)24-25-37-39(50-27-33-18-10-5-11-19-33)41(52-29-35-22-14-7-15-23-35)40(51-28-34-20-12-6-13-21-34)38(53-37)30-49-26-32-16-8-4-9-17-32/h4-25,31,36-41H,26-30H2,1-3H3/b25-24+/t31-,36-,37-,38+,39-,40+,41+/m0/s1. The van der Waals surface area contributed by atoms with Crippen molar-refractivity contribution >= 4 is 11.9 Å². The first-order valence-corrected chi connectivity index (χ1v) is 18.0. The zero-order valence-corrected chi connectivity index (χ0v) is 30.5. The molecule has 0 aromatic heterocycles. The molecule has 53 heavy (non-hydrogen) atoms. The van der Waals surface area contributed by atoms with E-state index in [1.807, 2.05) is 140 Å². The number of ether oxygens (including phenoxy) is 7. The number of hydrogen-bond acceptors (Lipinski definition) is 9. The third-order valence-electron chi connectivity index (χ3n) is 10.1. The highest BCUT2D eigenvalue weighted by molar-refractivity contribution is 6.05. The van der Waals surface area contributed by atoms with Crippen LogP contribution in [0.2, 0.25) is 0 Å². The summed E-state index contributed by atoms with van der Waals surface area (Å²) in [6.45, 7) is 3.36. The maximum Gasteiger partial charge on any atom is 0.324 e. The number of hydrogen-bond donors (Lipinski definition) is 0. The van der Waals surface area contributed by atoms with Gasteiger partial charge >= 0.3 is 11.9 Å². The second kappa shape index (κ2) is 18.4. The van der Waals surface area contributed by atoms with Gasteiger partial charge in [0.2, 0.25) is 0 Å². The Labute approximate surface area is 311 Å². The van der Waals surface area contributed by atoms with Crippen molar-refractivity contribution in [3.05, 3.63) is 156 Å². The second-order valence-corrected chi connectivity index (χ2v) is 13.5. The van der Waals surface area contributed by atoms with Crippen molar-refractivity contribution in [2.24, 2.45) is 17.3 Å². The molecule has 9 nitrogen and oxygen atoms in total. The Kier molecular flexibility index (Phi) is 13.2. The minimum absolute atomic E-state index is 0.212. The van der Waals surface area contributed by atoms with E-state index in [4.69, 9.17) is 33.2 Å². The van der Waals surface area contributed by atoms with Crippen LogP contribution >= 0.6 is 0 Å². The molecule has 0 radical (unpaired) electrons. The fourth-order valence-corrected chi connectivity index (χ4v) is 7.19. The smallest absolute Gasteiger partial charge is 0.324 e. The minimum atomic E-state index is -1.43. The van der Waals surface area contributed by atoms with Gasteiger partial charge in [-0.1, -0.05) is 140 Å². The maximum atomic E-state index is 13.0. The monoisotopic (exact) mass is 720 g/mol. The van der Waals surface area contributed by atoms with Gasteiger partial charge in [0.05, 0.1) is 47.3 Å². The maximum absolute atomic E-state index is 13.0. The molecule has 1 saturated carbocycles. The van der Waals surface area contributed by atoms with E-state index in [2.05, 4.69) is 0 Å². The molecule has 1 saturated heterocycles. The van der Waals surface area contributed by atoms with Crippen LogP contribution in [0.5, 0.6) is 0 Å². The Balaban J connectivity index is 1.35. The Bertz CT molecular complexity index is 1730. The lowest BCUT2D eigenvalue weighted by molar-refractivity contribution is -0.263. The molecule has 0 unspecified atom stereocenters. The fourth-order valence-electron chi connectivity index (χ4n) is 7.19. The van der Waals surface area contributed by atoms with Crippen LogP contribution in [0.4, 0.5) is 0 Å². The van der Waals surface area contributed by atoms with E-state index in [1.165, 1.54) is 14.2 Å². The molecule has 4 aromatic carbocycles. The summed E-state index contributed by atoms with van der Waals surface area (Å²) in [4.78, 5) is 26.0. The lowest BCUT2D eigenvalue weighted by Crippen LogP contribution is -2.60. The first-order valence-electron chi connectivity index (χ1n) is 18.0. The van der Waals surface area contributed by atoms with Crippen molar-refractivity contribution in [2.75, 3.05) is 20.8 Å². The molecule has 6 rings (SSSR count). The van der Waals surface area contributed by atoms with Crippen molar-refractivity contribution in [1.82, 2.24) is 0 Å². The van der Waals surface area contributed by atoms with Gasteiger partial charge in [-0.3, -0.25) is 9.59 Å². The molecule has 1 aliphatic heterocycles. The highest BCUT2D eigenvalue weighted by Crippen LogP contribution is 2.61. The Morgan fingerprint density at radius 3 is 1.45 bits per heavy atom. The average Bonchev–Trinajstić information content (AvgIpc) is 3.82. The number of rotatable bonds is 17. The van der Waals surface area contributed by atoms with Gasteiger partial charge in [0.1, 0.15) is 30.5 Å². The Hall–Kier alpha value is -4.64. The van der Waals surface area contributed by atoms with Crippen molar-refractivity contribution in [3.8, 4) is 0 Å². The van der Waals surface area contributed by atoms with Gasteiger partial charge in [0.15, 0.2) is 5.41 Å². The number of esters is 2. The van der Waals surface area contributed by atoms with E-state index in [9.17, 15) is 9.59 Å². The zero-order valence-electron chi connectivity index (χ0n) is 30.5. The van der Waals surface area contributed by atoms with Crippen molar-refractivity contribution < 1.29 is 42.7 Å². The first kappa shape index (κ1) is 38.1.